The van der Waals surface area contributed by atoms with E-state index in [0.717, 1.165) is 0 Å². The van der Waals surface area contributed by atoms with E-state index < -0.39 is 0 Å². The van der Waals surface area contributed by atoms with Crippen molar-refractivity contribution < 1.29 is 9.21 Å². The standard InChI is InChI=1S/C11H12BrNO2/c1-3-6-13(7-4-2)11(14)9-5-8-15-10(9)12/h3-5,8H,1-2,6-7H2. The first-order chi connectivity index (χ1) is 7.20. The fourth-order valence-electron chi connectivity index (χ4n) is 1.17. The molecule has 1 aromatic heterocycles. The molecule has 1 heterocycles. The minimum atomic E-state index is -0.101. The van der Waals surface area contributed by atoms with Crippen molar-refractivity contribution in [2.75, 3.05) is 13.1 Å². The van der Waals surface area contributed by atoms with Crippen LogP contribution >= 0.6 is 15.9 Å². The molecule has 0 aliphatic rings. The van der Waals surface area contributed by atoms with Crippen molar-refractivity contribution in [3.63, 3.8) is 0 Å². The lowest BCUT2D eigenvalue weighted by atomic mass is 10.3. The number of amides is 1. The Kier molecular flexibility index (Phi) is 4.37. The Bertz CT molecular complexity index is 360. The SMILES string of the molecule is C=CCN(CC=C)C(=O)c1ccoc1Br. The second-order valence-electron chi connectivity index (χ2n) is 2.90. The van der Waals surface area contributed by atoms with Gasteiger partial charge in [0.05, 0.1) is 11.8 Å². The zero-order valence-corrected chi connectivity index (χ0v) is 9.87. The minimum Gasteiger partial charge on any atom is -0.457 e. The van der Waals surface area contributed by atoms with E-state index in [2.05, 4.69) is 29.1 Å². The fourth-order valence-corrected chi connectivity index (χ4v) is 1.58. The summed E-state index contributed by atoms with van der Waals surface area (Å²) in [6.07, 6.45) is 4.82. The van der Waals surface area contributed by atoms with Gasteiger partial charge in [-0.15, -0.1) is 13.2 Å². The van der Waals surface area contributed by atoms with Crippen molar-refractivity contribution in [3.05, 3.63) is 47.9 Å². The number of carbonyl (C=O) groups excluding carboxylic acids is 1. The molecule has 0 spiro atoms. The lowest BCUT2D eigenvalue weighted by Crippen LogP contribution is -2.31. The molecular formula is C11H12BrNO2. The first kappa shape index (κ1) is 11.8. The maximum Gasteiger partial charge on any atom is 0.258 e. The predicted molar refractivity (Wildman–Crippen MR) is 62.7 cm³/mol. The maximum atomic E-state index is 11.9. The predicted octanol–water partition coefficient (Wildman–Crippen LogP) is 2.86. The van der Waals surface area contributed by atoms with E-state index in [0.29, 0.717) is 23.3 Å². The molecular weight excluding hydrogens is 258 g/mol. The quantitative estimate of drug-likeness (QED) is 0.771. The van der Waals surface area contributed by atoms with Crippen molar-refractivity contribution in [1.82, 2.24) is 4.90 Å². The van der Waals surface area contributed by atoms with E-state index in [9.17, 15) is 4.79 Å². The molecule has 0 N–H and O–H groups in total. The highest BCUT2D eigenvalue weighted by Gasteiger charge is 2.17. The second kappa shape index (κ2) is 5.56. The van der Waals surface area contributed by atoms with Gasteiger partial charge in [0.2, 0.25) is 0 Å². The minimum absolute atomic E-state index is 0.101. The van der Waals surface area contributed by atoms with E-state index in [4.69, 9.17) is 4.42 Å². The van der Waals surface area contributed by atoms with Gasteiger partial charge in [-0.25, -0.2) is 0 Å². The van der Waals surface area contributed by atoms with Gasteiger partial charge in [0.1, 0.15) is 0 Å². The highest BCUT2D eigenvalue weighted by molar-refractivity contribution is 9.10. The molecule has 0 saturated carbocycles. The number of hydrogen-bond donors (Lipinski definition) is 0. The number of furan rings is 1. The average molecular weight is 270 g/mol. The van der Waals surface area contributed by atoms with E-state index in [1.807, 2.05) is 0 Å². The maximum absolute atomic E-state index is 11.9. The van der Waals surface area contributed by atoms with Crippen molar-refractivity contribution in [1.29, 1.82) is 0 Å². The van der Waals surface area contributed by atoms with Crippen LogP contribution in [0.3, 0.4) is 0 Å². The van der Waals surface area contributed by atoms with E-state index >= 15 is 0 Å². The summed E-state index contributed by atoms with van der Waals surface area (Å²) < 4.78 is 5.46. The lowest BCUT2D eigenvalue weighted by molar-refractivity contribution is 0.0789. The second-order valence-corrected chi connectivity index (χ2v) is 3.62. The molecule has 0 fully saturated rings. The third kappa shape index (κ3) is 2.83. The summed E-state index contributed by atoms with van der Waals surface area (Å²) in [6.45, 7) is 8.19. The summed E-state index contributed by atoms with van der Waals surface area (Å²) in [7, 11) is 0. The Balaban J connectivity index is 2.84. The monoisotopic (exact) mass is 269 g/mol. The molecule has 3 nitrogen and oxygen atoms in total. The van der Waals surface area contributed by atoms with Crippen molar-refractivity contribution in [2.45, 2.75) is 0 Å². The van der Waals surface area contributed by atoms with Gasteiger partial charge in [-0.05, 0) is 22.0 Å². The summed E-state index contributed by atoms with van der Waals surface area (Å²) in [4.78, 5) is 13.6. The Hall–Kier alpha value is -1.29. The summed E-state index contributed by atoms with van der Waals surface area (Å²) >= 11 is 3.17. The largest absolute Gasteiger partial charge is 0.457 e. The Labute approximate surface area is 97.2 Å². The molecule has 1 aromatic rings. The third-order valence-corrected chi connectivity index (χ3v) is 2.45. The van der Waals surface area contributed by atoms with E-state index in [-0.39, 0.29) is 5.91 Å². The zero-order valence-electron chi connectivity index (χ0n) is 8.28. The van der Waals surface area contributed by atoms with Crippen molar-refractivity contribution >= 4 is 21.8 Å². The van der Waals surface area contributed by atoms with Crippen molar-refractivity contribution in [3.8, 4) is 0 Å². The average Bonchev–Trinajstić information content (AvgIpc) is 2.63. The zero-order chi connectivity index (χ0) is 11.3. The number of carbonyl (C=O) groups is 1. The van der Waals surface area contributed by atoms with Crippen LogP contribution in [-0.2, 0) is 0 Å². The van der Waals surface area contributed by atoms with Crippen LogP contribution in [0.2, 0.25) is 0 Å². The summed E-state index contributed by atoms with van der Waals surface area (Å²) in [5.41, 5.74) is 0.513. The molecule has 0 aliphatic carbocycles. The fraction of sp³-hybridized carbons (Fsp3) is 0.182. The topological polar surface area (TPSA) is 33.5 Å². The van der Waals surface area contributed by atoms with Crippen LogP contribution in [0.4, 0.5) is 0 Å². The van der Waals surface area contributed by atoms with Crippen LogP contribution in [0.15, 0.2) is 46.7 Å². The van der Waals surface area contributed by atoms with Crippen LogP contribution in [0.25, 0.3) is 0 Å². The molecule has 0 aliphatic heterocycles. The van der Waals surface area contributed by atoms with Crippen LogP contribution < -0.4 is 0 Å². The van der Waals surface area contributed by atoms with Gasteiger partial charge in [0, 0.05) is 13.1 Å². The molecule has 4 heteroatoms. The highest BCUT2D eigenvalue weighted by atomic mass is 79.9. The van der Waals surface area contributed by atoms with Gasteiger partial charge < -0.3 is 9.32 Å². The van der Waals surface area contributed by atoms with Crippen LogP contribution in [-0.4, -0.2) is 23.9 Å². The number of rotatable bonds is 5. The highest BCUT2D eigenvalue weighted by Crippen LogP contribution is 2.19. The molecule has 0 saturated heterocycles. The molecule has 0 radical (unpaired) electrons. The van der Waals surface area contributed by atoms with Crippen LogP contribution in [0.5, 0.6) is 0 Å². The van der Waals surface area contributed by atoms with Crippen molar-refractivity contribution in [2.24, 2.45) is 0 Å². The Morgan fingerprint density at radius 1 is 1.47 bits per heavy atom. The number of hydrogen-bond acceptors (Lipinski definition) is 2. The smallest absolute Gasteiger partial charge is 0.258 e. The molecule has 0 bridgehead atoms. The van der Waals surface area contributed by atoms with Gasteiger partial charge in [-0.3, -0.25) is 4.79 Å². The summed E-state index contributed by atoms with van der Waals surface area (Å²) in [5, 5.41) is 0. The molecule has 1 rings (SSSR count). The number of nitrogens with zero attached hydrogens (tertiary/aromatic N) is 1. The summed E-state index contributed by atoms with van der Waals surface area (Å²) in [5.74, 6) is -0.101. The van der Waals surface area contributed by atoms with Crippen LogP contribution in [0, 0.1) is 0 Å². The first-order valence-electron chi connectivity index (χ1n) is 4.44. The Morgan fingerprint density at radius 2 is 2.07 bits per heavy atom. The number of halogens is 1. The third-order valence-electron chi connectivity index (χ3n) is 1.83. The van der Waals surface area contributed by atoms with Gasteiger partial charge in [-0.1, -0.05) is 12.2 Å². The lowest BCUT2D eigenvalue weighted by Gasteiger charge is -2.18. The molecule has 0 unspecified atom stereocenters. The Morgan fingerprint density at radius 3 is 2.47 bits per heavy atom. The molecule has 15 heavy (non-hydrogen) atoms. The summed E-state index contributed by atoms with van der Waals surface area (Å²) in [6, 6.07) is 1.63. The van der Waals surface area contributed by atoms with Gasteiger partial charge >= 0.3 is 0 Å². The molecule has 80 valence electrons. The molecule has 1 amide bonds. The van der Waals surface area contributed by atoms with Crippen LogP contribution in [0.1, 0.15) is 10.4 Å². The first-order valence-corrected chi connectivity index (χ1v) is 5.24. The van der Waals surface area contributed by atoms with Gasteiger partial charge in [-0.2, -0.15) is 0 Å². The molecule has 0 atom stereocenters. The van der Waals surface area contributed by atoms with E-state index in [1.165, 1.54) is 6.26 Å². The van der Waals surface area contributed by atoms with Gasteiger partial charge in [0.15, 0.2) is 4.67 Å². The normalized spacial score (nSPS) is 9.67. The van der Waals surface area contributed by atoms with Gasteiger partial charge in [0.25, 0.3) is 5.91 Å². The van der Waals surface area contributed by atoms with E-state index in [1.54, 1.807) is 23.1 Å². The molecule has 0 aromatic carbocycles.